The third kappa shape index (κ3) is 3.47. The maximum atomic E-state index is 11.9. The van der Waals surface area contributed by atoms with Gasteiger partial charge in [0.05, 0.1) is 25.6 Å². The fraction of sp³-hybridized carbons (Fsp3) is 0.500. The maximum Gasteiger partial charge on any atom is 0.358 e. The zero-order valence-corrected chi connectivity index (χ0v) is 14.4. The maximum absolute atomic E-state index is 11.9. The lowest BCUT2D eigenvalue weighted by atomic mass is 10.2. The average Bonchev–Trinajstić information content (AvgIpc) is 3.18. The first-order valence-corrected chi connectivity index (χ1v) is 7.90. The van der Waals surface area contributed by atoms with Crippen molar-refractivity contribution < 1.29 is 19.1 Å². The predicted octanol–water partition coefficient (Wildman–Crippen LogP) is 2.28. The minimum Gasteiger partial charge on any atom is -0.464 e. The Labute approximate surface area is 140 Å². The zero-order valence-electron chi connectivity index (χ0n) is 14.4. The highest BCUT2D eigenvalue weighted by molar-refractivity contribution is 5.90. The van der Waals surface area contributed by atoms with Crippen LogP contribution in [0.4, 0.5) is 0 Å². The van der Waals surface area contributed by atoms with Crippen LogP contribution in [-0.2, 0) is 22.3 Å². The van der Waals surface area contributed by atoms with Gasteiger partial charge >= 0.3 is 11.9 Å². The Balaban J connectivity index is 2.47. The first-order valence-electron chi connectivity index (χ1n) is 7.90. The summed E-state index contributed by atoms with van der Waals surface area (Å²) < 4.78 is 9.54. The number of methoxy groups -OCH3 is 2. The van der Waals surface area contributed by atoms with Crippen LogP contribution >= 0.6 is 0 Å². The zero-order chi connectivity index (χ0) is 17.7. The third-order valence-corrected chi connectivity index (χ3v) is 3.54. The van der Waals surface area contributed by atoms with Crippen LogP contribution in [-0.4, -0.2) is 46.1 Å². The largest absolute Gasteiger partial charge is 0.464 e. The topological polar surface area (TPSA) is 110 Å². The van der Waals surface area contributed by atoms with Crippen LogP contribution in [0.25, 0.3) is 11.6 Å². The van der Waals surface area contributed by atoms with E-state index in [-0.39, 0.29) is 11.4 Å². The van der Waals surface area contributed by atoms with Gasteiger partial charge in [-0.2, -0.15) is 0 Å². The normalized spacial score (nSPS) is 10.7. The van der Waals surface area contributed by atoms with E-state index >= 15 is 0 Å². The second-order valence-corrected chi connectivity index (χ2v) is 5.31. The Morgan fingerprint density at radius 2 is 1.21 bits per heavy atom. The number of rotatable bonds is 7. The summed E-state index contributed by atoms with van der Waals surface area (Å²) in [6.07, 6.45) is 3.00. The summed E-state index contributed by atoms with van der Waals surface area (Å²) in [5.41, 5.74) is 1.85. The van der Waals surface area contributed by atoms with E-state index in [1.165, 1.54) is 14.2 Å². The van der Waals surface area contributed by atoms with Gasteiger partial charge in [0.2, 0.25) is 0 Å². The molecule has 0 aliphatic carbocycles. The molecule has 8 heteroatoms. The lowest BCUT2D eigenvalue weighted by molar-refractivity contribution is 0.0584. The molecule has 2 heterocycles. The molecule has 0 bridgehead atoms. The number of hydrogen-bond donors (Lipinski definition) is 2. The number of aromatic nitrogens is 4. The number of esters is 2. The Kier molecular flexibility index (Phi) is 5.73. The second-order valence-electron chi connectivity index (χ2n) is 5.31. The number of nitrogens with zero attached hydrogens (tertiary/aromatic N) is 2. The number of hydrogen-bond acceptors (Lipinski definition) is 6. The van der Waals surface area contributed by atoms with Crippen LogP contribution in [0.5, 0.6) is 0 Å². The summed E-state index contributed by atoms with van der Waals surface area (Å²) in [4.78, 5) is 38.5. The SMILES string of the molecule is CCCc1[nH]c(-c2nc(C(=O)OC)c(CCC)[nH]2)nc1C(=O)OC. The summed E-state index contributed by atoms with van der Waals surface area (Å²) in [6, 6.07) is 0. The molecule has 0 saturated heterocycles. The van der Waals surface area contributed by atoms with E-state index in [1.807, 2.05) is 13.8 Å². The molecule has 8 nitrogen and oxygen atoms in total. The highest BCUT2D eigenvalue weighted by Gasteiger charge is 2.23. The van der Waals surface area contributed by atoms with E-state index in [0.717, 1.165) is 12.8 Å². The van der Waals surface area contributed by atoms with Gasteiger partial charge in [-0.1, -0.05) is 26.7 Å². The van der Waals surface area contributed by atoms with Crippen molar-refractivity contribution in [2.45, 2.75) is 39.5 Å². The van der Waals surface area contributed by atoms with Crippen molar-refractivity contribution in [1.82, 2.24) is 19.9 Å². The Bertz CT molecular complexity index is 670. The van der Waals surface area contributed by atoms with Gasteiger partial charge in [0.15, 0.2) is 23.0 Å². The third-order valence-electron chi connectivity index (χ3n) is 3.54. The highest BCUT2D eigenvalue weighted by Crippen LogP contribution is 2.20. The number of H-pyrrole nitrogens is 2. The van der Waals surface area contributed by atoms with Crippen molar-refractivity contribution in [3.63, 3.8) is 0 Å². The van der Waals surface area contributed by atoms with Gasteiger partial charge in [-0.25, -0.2) is 19.6 Å². The molecule has 0 radical (unpaired) electrons. The molecule has 0 fully saturated rings. The van der Waals surface area contributed by atoms with Crippen molar-refractivity contribution >= 4 is 11.9 Å². The van der Waals surface area contributed by atoms with Crippen LogP contribution in [0.15, 0.2) is 0 Å². The standard InChI is InChI=1S/C16H22N4O4/c1-5-7-9-11(15(21)23-3)19-13(17-9)14-18-10(8-6-2)12(20-14)16(22)24-4/h5-8H2,1-4H3,(H,17,19)(H,18,20). The van der Waals surface area contributed by atoms with Crippen molar-refractivity contribution in [2.24, 2.45) is 0 Å². The molecular formula is C16H22N4O4. The number of carbonyl (C=O) groups is 2. The van der Waals surface area contributed by atoms with Gasteiger partial charge in [-0.15, -0.1) is 0 Å². The molecule has 0 amide bonds. The van der Waals surface area contributed by atoms with Crippen LogP contribution in [0.3, 0.4) is 0 Å². The summed E-state index contributed by atoms with van der Waals surface area (Å²) in [5.74, 6) is -0.221. The summed E-state index contributed by atoms with van der Waals surface area (Å²) >= 11 is 0. The first-order chi connectivity index (χ1) is 11.5. The molecule has 2 aromatic rings. The van der Waals surface area contributed by atoms with E-state index in [0.29, 0.717) is 35.9 Å². The number of ether oxygens (including phenoxy) is 2. The molecule has 0 aliphatic heterocycles. The second kappa shape index (κ2) is 7.76. The van der Waals surface area contributed by atoms with Gasteiger partial charge in [0.1, 0.15) is 0 Å². The van der Waals surface area contributed by atoms with Crippen LogP contribution in [0, 0.1) is 0 Å². The molecule has 2 N–H and O–H groups in total. The van der Waals surface area contributed by atoms with Crippen LogP contribution in [0.1, 0.15) is 59.1 Å². The van der Waals surface area contributed by atoms with Gasteiger partial charge in [-0.05, 0) is 12.8 Å². The van der Waals surface area contributed by atoms with Gasteiger partial charge in [-0.3, -0.25) is 0 Å². The minimum absolute atomic E-state index is 0.238. The van der Waals surface area contributed by atoms with Crippen molar-refractivity contribution in [2.75, 3.05) is 14.2 Å². The Hall–Kier alpha value is -2.64. The van der Waals surface area contributed by atoms with Gasteiger partial charge < -0.3 is 19.4 Å². The Morgan fingerprint density at radius 1 is 0.833 bits per heavy atom. The molecule has 0 atom stereocenters. The number of nitrogens with one attached hydrogen (secondary N) is 2. The van der Waals surface area contributed by atoms with Crippen LogP contribution < -0.4 is 0 Å². The number of carbonyl (C=O) groups excluding carboxylic acids is 2. The molecule has 130 valence electrons. The molecule has 24 heavy (non-hydrogen) atoms. The van der Waals surface area contributed by atoms with Gasteiger partial charge in [0.25, 0.3) is 0 Å². The molecule has 0 aromatic carbocycles. The molecular weight excluding hydrogens is 312 g/mol. The van der Waals surface area contributed by atoms with E-state index in [9.17, 15) is 9.59 Å². The first kappa shape index (κ1) is 17.7. The minimum atomic E-state index is -0.505. The molecule has 2 rings (SSSR count). The van der Waals surface area contributed by atoms with E-state index < -0.39 is 11.9 Å². The molecule has 0 aliphatic rings. The smallest absolute Gasteiger partial charge is 0.358 e. The molecule has 0 saturated carbocycles. The van der Waals surface area contributed by atoms with Crippen molar-refractivity contribution in [3.05, 3.63) is 22.8 Å². The van der Waals surface area contributed by atoms with E-state index in [1.54, 1.807) is 0 Å². The van der Waals surface area contributed by atoms with E-state index in [2.05, 4.69) is 19.9 Å². The highest BCUT2D eigenvalue weighted by atomic mass is 16.5. The van der Waals surface area contributed by atoms with Gasteiger partial charge in [0, 0.05) is 0 Å². The Morgan fingerprint density at radius 3 is 1.50 bits per heavy atom. The van der Waals surface area contributed by atoms with Crippen molar-refractivity contribution in [3.8, 4) is 11.6 Å². The molecule has 2 aromatic heterocycles. The monoisotopic (exact) mass is 334 g/mol. The van der Waals surface area contributed by atoms with Crippen LogP contribution in [0.2, 0.25) is 0 Å². The molecule has 0 spiro atoms. The number of aromatic amines is 2. The number of imidazole rings is 2. The molecule has 0 unspecified atom stereocenters. The lowest BCUT2D eigenvalue weighted by Gasteiger charge is -1.97. The predicted molar refractivity (Wildman–Crippen MR) is 86.8 cm³/mol. The average molecular weight is 334 g/mol. The quantitative estimate of drug-likeness (QED) is 0.752. The fourth-order valence-corrected chi connectivity index (χ4v) is 2.44. The summed E-state index contributed by atoms with van der Waals surface area (Å²) in [7, 11) is 2.63. The van der Waals surface area contributed by atoms with Crippen molar-refractivity contribution in [1.29, 1.82) is 0 Å². The van der Waals surface area contributed by atoms with E-state index in [4.69, 9.17) is 9.47 Å². The fourth-order valence-electron chi connectivity index (χ4n) is 2.44. The summed E-state index contributed by atoms with van der Waals surface area (Å²) in [5, 5.41) is 0. The summed E-state index contributed by atoms with van der Waals surface area (Å²) in [6.45, 7) is 4.01. The number of aryl methyl sites for hydroxylation is 2. The lowest BCUT2D eigenvalue weighted by Crippen LogP contribution is -2.05.